The molecule has 0 aliphatic carbocycles. The van der Waals surface area contributed by atoms with E-state index < -0.39 is 10.0 Å². The Kier molecular flexibility index (Phi) is 6.41. The van der Waals surface area contributed by atoms with Crippen LogP contribution in [0.1, 0.15) is 19.8 Å². The second-order valence-corrected chi connectivity index (χ2v) is 10.00. The summed E-state index contributed by atoms with van der Waals surface area (Å²) in [5, 5.41) is 0. The Morgan fingerprint density at radius 1 is 1.15 bits per heavy atom. The molecule has 1 heterocycles. The molecule has 5 nitrogen and oxygen atoms in total. The van der Waals surface area contributed by atoms with E-state index >= 15 is 0 Å². The van der Waals surface area contributed by atoms with Gasteiger partial charge in [-0.3, -0.25) is 9.10 Å². The molecule has 3 rings (SSSR count). The van der Waals surface area contributed by atoms with E-state index in [9.17, 15) is 13.2 Å². The van der Waals surface area contributed by atoms with E-state index in [1.165, 1.54) is 4.31 Å². The van der Waals surface area contributed by atoms with Crippen LogP contribution >= 0.6 is 22.6 Å². The van der Waals surface area contributed by atoms with Crippen LogP contribution in [0.3, 0.4) is 0 Å². The lowest BCUT2D eigenvalue weighted by Crippen LogP contribution is -2.46. The largest absolute Gasteiger partial charge is 0.341 e. The molecule has 0 spiro atoms. The molecular formula is C20H23IN2O3S. The standard InChI is InChI=1S/C20H23IN2O3S/c1-16-6-5-13-22(14-16)20(24)15-23(18-11-9-17(21)10-12-18)27(25,26)19-7-3-2-4-8-19/h2-4,7-12,16H,5-6,13-15H2,1H3/t16-/m1/s1. The quantitative estimate of drug-likeness (QED) is 0.591. The second-order valence-electron chi connectivity index (χ2n) is 6.89. The number of hydrogen-bond donors (Lipinski definition) is 0. The topological polar surface area (TPSA) is 57.7 Å². The van der Waals surface area contributed by atoms with Crippen LogP contribution in [0.15, 0.2) is 59.5 Å². The normalized spacial score (nSPS) is 17.6. The van der Waals surface area contributed by atoms with Crippen molar-refractivity contribution < 1.29 is 13.2 Å². The number of nitrogens with zero attached hydrogens (tertiary/aromatic N) is 2. The molecule has 0 aromatic heterocycles. The number of benzene rings is 2. The molecule has 1 atom stereocenters. The Hall–Kier alpha value is -1.61. The Balaban J connectivity index is 1.93. The van der Waals surface area contributed by atoms with Crippen LogP contribution in [0.2, 0.25) is 0 Å². The first-order chi connectivity index (χ1) is 12.9. The molecule has 2 aromatic carbocycles. The third-order valence-electron chi connectivity index (χ3n) is 4.73. The van der Waals surface area contributed by atoms with Gasteiger partial charge < -0.3 is 4.90 Å². The Bertz CT molecular complexity index is 885. The van der Waals surface area contributed by atoms with Crippen LogP contribution in [-0.4, -0.2) is 38.9 Å². The Labute approximate surface area is 174 Å². The fourth-order valence-electron chi connectivity index (χ4n) is 3.28. The first-order valence-corrected chi connectivity index (χ1v) is 11.5. The van der Waals surface area contributed by atoms with Crippen molar-refractivity contribution in [2.24, 2.45) is 5.92 Å². The number of carbonyl (C=O) groups excluding carboxylic acids is 1. The van der Waals surface area contributed by atoms with Gasteiger partial charge in [0.2, 0.25) is 5.91 Å². The summed E-state index contributed by atoms with van der Waals surface area (Å²) in [6.45, 7) is 3.31. The minimum absolute atomic E-state index is 0.153. The van der Waals surface area contributed by atoms with Crippen LogP contribution in [0.25, 0.3) is 0 Å². The Morgan fingerprint density at radius 3 is 2.44 bits per heavy atom. The maximum absolute atomic E-state index is 13.3. The first kappa shape index (κ1) is 20.1. The highest BCUT2D eigenvalue weighted by Crippen LogP contribution is 2.25. The van der Waals surface area contributed by atoms with Gasteiger partial charge in [0, 0.05) is 16.7 Å². The molecule has 27 heavy (non-hydrogen) atoms. The van der Waals surface area contributed by atoms with Crippen molar-refractivity contribution >= 4 is 44.2 Å². The average molecular weight is 498 g/mol. The van der Waals surface area contributed by atoms with Gasteiger partial charge in [-0.25, -0.2) is 8.42 Å². The number of halogens is 1. The fraction of sp³-hybridized carbons (Fsp3) is 0.350. The predicted molar refractivity (Wildman–Crippen MR) is 115 cm³/mol. The molecule has 1 aliphatic rings. The number of rotatable bonds is 5. The van der Waals surface area contributed by atoms with E-state index in [1.54, 1.807) is 47.4 Å². The summed E-state index contributed by atoms with van der Waals surface area (Å²) in [5.74, 6) is 0.291. The van der Waals surface area contributed by atoms with Crippen LogP contribution < -0.4 is 4.31 Å². The van der Waals surface area contributed by atoms with Gasteiger partial charge in [0.1, 0.15) is 6.54 Å². The SMILES string of the molecule is C[C@@H]1CCCN(C(=O)CN(c2ccc(I)cc2)S(=O)(=O)c2ccccc2)C1. The molecule has 1 amide bonds. The number of piperidine rings is 1. The number of carbonyl (C=O) groups is 1. The van der Waals surface area contributed by atoms with E-state index in [0.29, 0.717) is 24.7 Å². The van der Waals surface area contributed by atoms with Gasteiger partial charge in [-0.2, -0.15) is 0 Å². The molecular weight excluding hydrogens is 475 g/mol. The summed E-state index contributed by atoms with van der Waals surface area (Å²) in [4.78, 5) is 14.9. The van der Waals surface area contributed by atoms with Gasteiger partial charge in [0.25, 0.3) is 10.0 Å². The van der Waals surface area contributed by atoms with Gasteiger partial charge >= 0.3 is 0 Å². The lowest BCUT2D eigenvalue weighted by molar-refractivity contribution is -0.131. The smallest absolute Gasteiger partial charge is 0.264 e. The maximum atomic E-state index is 13.3. The number of sulfonamides is 1. The van der Waals surface area contributed by atoms with Crippen molar-refractivity contribution in [2.45, 2.75) is 24.7 Å². The highest BCUT2D eigenvalue weighted by molar-refractivity contribution is 14.1. The lowest BCUT2D eigenvalue weighted by atomic mass is 10.0. The lowest BCUT2D eigenvalue weighted by Gasteiger charge is -2.33. The van der Waals surface area contributed by atoms with Crippen molar-refractivity contribution in [3.63, 3.8) is 0 Å². The van der Waals surface area contributed by atoms with Gasteiger partial charge in [-0.15, -0.1) is 0 Å². The molecule has 1 aliphatic heterocycles. The number of amides is 1. The van der Waals surface area contributed by atoms with Crippen molar-refractivity contribution in [2.75, 3.05) is 23.9 Å². The summed E-state index contributed by atoms with van der Waals surface area (Å²) in [6, 6.07) is 15.4. The van der Waals surface area contributed by atoms with E-state index in [4.69, 9.17) is 0 Å². The van der Waals surface area contributed by atoms with E-state index in [0.717, 1.165) is 16.4 Å². The van der Waals surface area contributed by atoms with Gasteiger partial charge in [0.05, 0.1) is 10.6 Å². The molecule has 0 radical (unpaired) electrons. The summed E-state index contributed by atoms with van der Waals surface area (Å²) in [5.41, 5.74) is 0.498. The molecule has 0 unspecified atom stereocenters. The van der Waals surface area contributed by atoms with Crippen LogP contribution in [0, 0.1) is 9.49 Å². The van der Waals surface area contributed by atoms with E-state index in [1.807, 2.05) is 12.1 Å². The van der Waals surface area contributed by atoms with Crippen molar-refractivity contribution in [1.82, 2.24) is 4.90 Å². The van der Waals surface area contributed by atoms with Crippen molar-refractivity contribution in [1.29, 1.82) is 0 Å². The Morgan fingerprint density at radius 2 is 1.81 bits per heavy atom. The van der Waals surface area contributed by atoms with Gasteiger partial charge in [0.15, 0.2) is 0 Å². The molecule has 7 heteroatoms. The number of hydrogen-bond acceptors (Lipinski definition) is 3. The average Bonchev–Trinajstić information content (AvgIpc) is 2.67. The van der Waals surface area contributed by atoms with Crippen LogP contribution in [0.4, 0.5) is 5.69 Å². The fourth-order valence-corrected chi connectivity index (χ4v) is 5.08. The highest BCUT2D eigenvalue weighted by atomic mass is 127. The van der Waals surface area contributed by atoms with E-state index in [-0.39, 0.29) is 17.3 Å². The van der Waals surface area contributed by atoms with Crippen molar-refractivity contribution in [3.05, 3.63) is 58.2 Å². The predicted octanol–water partition coefficient (Wildman–Crippen LogP) is 3.75. The zero-order valence-electron chi connectivity index (χ0n) is 15.2. The number of anilines is 1. The summed E-state index contributed by atoms with van der Waals surface area (Å²) in [7, 11) is -3.83. The molecule has 1 fully saturated rings. The molecule has 0 saturated carbocycles. The molecule has 144 valence electrons. The molecule has 0 N–H and O–H groups in total. The van der Waals surface area contributed by atoms with Gasteiger partial charge in [-0.1, -0.05) is 25.1 Å². The summed E-state index contributed by atoms with van der Waals surface area (Å²) in [6.07, 6.45) is 2.06. The summed E-state index contributed by atoms with van der Waals surface area (Å²) < 4.78 is 28.7. The third kappa shape index (κ3) is 4.82. The minimum atomic E-state index is -3.83. The summed E-state index contributed by atoms with van der Waals surface area (Å²) >= 11 is 2.17. The number of likely N-dealkylation sites (tertiary alicyclic amines) is 1. The molecule has 2 aromatic rings. The molecule has 1 saturated heterocycles. The second kappa shape index (κ2) is 8.60. The monoisotopic (exact) mass is 498 g/mol. The minimum Gasteiger partial charge on any atom is -0.341 e. The maximum Gasteiger partial charge on any atom is 0.264 e. The molecule has 0 bridgehead atoms. The van der Waals surface area contributed by atoms with Crippen LogP contribution in [-0.2, 0) is 14.8 Å². The van der Waals surface area contributed by atoms with Gasteiger partial charge in [-0.05, 0) is 77.7 Å². The zero-order chi connectivity index (χ0) is 19.4. The highest BCUT2D eigenvalue weighted by Gasteiger charge is 2.30. The zero-order valence-corrected chi connectivity index (χ0v) is 18.2. The third-order valence-corrected chi connectivity index (χ3v) is 7.24. The van der Waals surface area contributed by atoms with E-state index in [2.05, 4.69) is 29.5 Å². The first-order valence-electron chi connectivity index (χ1n) is 8.99. The van der Waals surface area contributed by atoms with Crippen LogP contribution in [0.5, 0.6) is 0 Å². The van der Waals surface area contributed by atoms with Crippen molar-refractivity contribution in [3.8, 4) is 0 Å².